The van der Waals surface area contributed by atoms with Gasteiger partial charge in [-0.1, -0.05) is 35.9 Å². The van der Waals surface area contributed by atoms with Gasteiger partial charge in [0.2, 0.25) is 5.91 Å². The van der Waals surface area contributed by atoms with Crippen LogP contribution in [0.5, 0.6) is 17.2 Å². The summed E-state index contributed by atoms with van der Waals surface area (Å²) in [4.78, 5) is 28.3. The number of nitrogens with zero attached hydrogens (tertiary/aromatic N) is 1. The zero-order valence-electron chi connectivity index (χ0n) is 19.4. The van der Waals surface area contributed by atoms with Crippen molar-refractivity contribution in [1.29, 1.82) is 0 Å². The molecule has 1 atom stereocenters. The normalized spacial score (nSPS) is 15.6. The molecule has 1 aliphatic heterocycles. The van der Waals surface area contributed by atoms with Crippen LogP contribution in [0.4, 0.5) is 5.69 Å². The first kappa shape index (κ1) is 23.7. The van der Waals surface area contributed by atoms with Crippen molar-refractivity contribution in [2.24, 2.45) is 5.92 Å². The van der Waals surface area contributed by atoms with Gasteiger partial charge in [-0.3, -0.25) is 9.59 Å². The standard InChI is InChI=1S/C26H27ClN2O5/c1-32-22-11-10-19(17-8-4-5-9-18(17)22)26(31)29-12-6-7-16(15-29)25(30)28-21-14-24(34-3)23(33-2)13-20(21)27/h4-5,8-11,13-14,16H,6-7,12,15H2,1-3H3,(H,28,30)/t16-/m0/s1. The second-order valence-corrected chi connectivity index (χ2v) is 8.53. The monoisotopic (exact) mass is 482 g/mol. The summed E-state index contributed by atoms with van der Waals surface area (Å²) in [5, 5.41) is 4.94. The fourth-order valence-electron chi connectivity index (χ4n) is 4.37. The van der Waals surface area contributed by atoms with Crippen molar-refractivity contribution < 1.29 is 23.8 Å². The van der Waals surface area contributed by atoms with Gasteiger partial charge >= 0.3 is 0 Å². The summed E-state index contributed by atoms with van der Waals surface area (Å²) in [6, 6.07) is 14.5. The van der Waals surface area contributed by atoms with Crippen LogP contribution in [0.3, 0.4) is 0 Å². The fourth-order valence-corrected chi connectivity index (χ4v) is 4.57. The third-order valence-electron chi connectivity index (χ3n) is 6.14. The number of rotatable bonds is 6. The Kier molecular flexibility index (Phi) is 7.12. The van der Waals surface area contributed by atoms with E-state index in [2.05, 4.69) is 5.32 Å². The second-order valence-electron chi connectivity index (χ2n) is 8.13. The first-order valence-corrected chi connectivity index (χ1v) is 11.4. The molecule has 8 heteroatoms. The van der Waals surface area contributed by atoms with E-state index in [-0.39, 0.29) is 17.7 Å². The van der Waals surface area contributed by atoms with Crippen molar-refractivity contribution in [3.05, 3.63) is 59.1 Å². The van der Waals surface area contributed by atoms with Gasteiger partial charge in [0.1, 0.15) is 5.75 Å². The number of ether oxygens (including phenoxy) is 3. The number of benzene rings is 3. The molecule has 1 aliphatic rings. The highest BCUT2D eigenvalue weighted by Crippen LogP contribution is 2.36. The van der Waals surface area contributed by atoms with Gasteiger partial charge in [-0.15, -0.1) is 0 Å². The number of anilines is 1. The highest BCUT2D eigenvalue weighted by atomic mass is 35.5. The number of halogens is 1. The molecule has 0 saturated carbocycles. The van der Waals surface area contributed by atoms with Gasteiger partial charge in [-0.25, -0.2) is 0 Å². The van der Waals surface area contributed by atoms with Crippen molar-refractivity contribution >= 4 is 39.9 Å². The number of amides is 2. The Balaban J connectivity index is 1.52. The molecule has 0 spiro atoms. The van der Waals surface area contributed by atoms with Gasteiger partial charge in [-0.05, 0) is 30.4 Å². The molecular weight excluding hydrogens is 456 g/mol. The molecule has 0 aliphatic carbocycles. The van der Waals surface area contributed by atoms with Crippen LogP contribution in [0.15, 0.2) is 48.5 Å². The number of hydrogen-bond donors (Lipinski definition) is 1. The van der Waals surface area contributed by atoms with Crippen LogP contribution in [-0.2, 0) is 4.79 Å². The molecule has 0 bridgehead atoms. The second kappa shape index (κ2) is 10.2. The molecule has 3 aromatic carbocycles. The molecule has 1 saturated heterocycles. The number of likely N-dealkylation sites (tertiary alicyclic amines) is 1. The van der Waals surface area contributed by atoms with Crippen LogP contribution in [0, 0.1) is 5.92 Å². The third-order valence-corrected chi connectivity index (χ3v) is 6.46. The van der Waals surface area contributed by atoms with Crippen molar-refractivity contribution in [2.75, 3.05) is 39.7 Å². The maximum atomic E-state index is 13.4. The maximum absolute atomic E-state index is 13.4. The van der Waals surface area contributed by atoms with E-state index in [1.807, 2.05) is 30.3 Å². The van der Waals surface area contributed by atoms with E-state index in [1.165, 1.54) is 14.2 Å². The van der Waals surface area contributed by atoms with Crippen LogP contribution >= 0.6 is 11.6 Å². The molecule has 178 valence electrons. The lowest BCUT2D eigenvalue weighted by molar-refractivity contribution is -0.121. The van der Waals surface area contributed by atoms with E-state index in [1.54, 1.807) is 30.2 Å². The lowest BCUT2D eigenvalue weighted by Gasteiger charge is -2.32. The molecule has 1 heterocycles. The Morgan fingerprint density at radius 2 is 1.62 bits per heavy atom. The summed E-state index contributed by atoms with van der Waals surface area (Å²) in [5.41, 5.74) is 1.04. The van der Waals surface area contributed by atoms with Crippen LogP contribution in [0.2, 0.25) is 5.02 Å². The largest absolute Gasteiger partial charge is 0.496 e. The van der Waals surface area contributed by atoms with Gasteiger partial charge in [-0.2, -0.15) is 0 Å². The Labute approximate surface area is 203 Å². The summed E-state index contributed by atoms with van der Waals surface area (Å²) in [6.07, 6.45) is 1.42. The average Bonchev–Trinajstić information content (AvgIpc) is 2.88. The first-order valence-electron chi connectivity index (χ1n) is 11.0. The number of methoxy groups -OCH3 is 3. The van der Waals surface area contributed by atoms with E-state index < -0.39 is 0 Å². The van der Waals surface area contributed by atoms with E-state index in [4.69, 9.17) is 25.8 Å². The molecule has 0 radical (unpaired) electrons. The third kappa shape index (κ3) is 4.61. The van der Waals surface area contributed by atoms with Crippen LogP contribution in [0.25, 0.3) is 10.8 Å². The summed E-state index contributed by atoms with van der Waals surface area (Å²) >= 11 is 6.33. The Morgan fingerprint density at radius 3 is 2.32 bits per heavy atom. The molecule has 34 heavy (non-hydrogen) atoms. The number of carbonyl (C=O) groups is 2. The van der Waals surface area contributed by atoms with Gasteiger partial charge < -0.3 is 24.4 Å². The topological polar surface area (TPSA) is 77.1 Å². The summed E-state index contributed by atoms with van der Waals surface area (Å²) in [7, 11) is 4.65. The maximum Gasteiger partial charge on any atom is 0.254 e. The molecule has 2 amide bonds. The summed E-state index contributed by atoms with van der Waals surface area (Å²) < 4.78 is 16.0. The van der Waals surface area contributed by atoms with Gasteiger partial charge in [0.15, 0.2) is 11.5 Å². The molecule has 1 N–H and O–H groups in total. The minimum atomic E-state index is -0.355. The highest BCUT2D eigenvalue weighted by molar-refractivity contribution is 6.34. The lowest BCUT2D eigenvalue weighted by atomic mass is 9.95. The molecule has 4 rings (SSSR count). The number of nitrogens with one attached hydrogen (secondary N) is 1. The van der Waals surface area contributed by atoms with Crippen molar-refractivity contribution in [1.82, 2.24) is 4.90 Å². The van der Waals surface area contributed by atoms with E-state index in [9.17, 15) is 9.59 Å². The minimum Gasteiger partial charge on any atom is -0.496 e. The van der Waals surface area contributed by atoms with Crippen molar-refractivity contribution in [2.45, 2.75) is 12.8 Å². The summed E-state index contributed by atoms with van der Waals surface area (Å²) in [5.74, 6) is 1.02. The lowest BCUT2D eigenvalue weighted by Crippen LogP contribution is -2.43. The predicted octanol–water partition coefficient (Wildman–Crippen LogP) is 5.01. The number of carbonyl (C=O) groups excluding carboxylic acids is 2. The molecule has 0 aromatic heterocycles. The zero-order valence-corrected chi connectivity index (χ0v) is 20.1. The molecule has 0 unspecified atom stereocenters. The van der Waals surface area contributed by atoms with Crippen LogP contribution < -0.4 is 19.5 Å². The molecule has 3 aromatic rings. The quantitative estimate of drug-likeness (QED) is 0.534. The Bertz CT molecular complexity index is 1230. The van der Waals surface area contributed by atoms with E-state index in [0.29, 0.717) is 47.3 Å². The number of hydrogen-bond acceptors (Lipinski definition) is 5. The fraction of sp³-hybridized carbons (Fsp3) is 0.308. The van der Waals surface area contributed by atoms with E-state index in [0.717, 1.165) is 22.9 Å². The molecular formula is C26H27ClN2O5. The van der Waals surface area contributed by atoms with Crippen LogP contribution in [-0.4, -0.2) is 51.1 Å². The first-order chi connectivity index (χ1) is 16.5. The Hall–Kier alpha value is -3.45. The van der Waals surface area contributed by atoms with Gasteiger partial charge in [0, 0.05) is 36.2 Å². The van der Waals surface area contributed by atoms with Crippen LogP contribution in [0.1, 0.15) is 23.2 Å². The zero-order chi connectivity index (χ0) is 24.2. The number of piperidine rings is 1. The van der Waals surface area contributed by atoms with E-state index >= 15 is 0 Å². The SMILES string of the molecule is COc1cc(Cl)c(NC(=O)[C@H]2CCCN(C(=O)c3ccc(OC)c4ccccc34)C2)cc1OC. The Morgan fingerprint density at radius 1 is 0.941 bits per heavy atom. The van der Waals surface area contributed by atoms with Crippen molar-refractivity contribution in [3.8, 4) is 17.2 Å². The molecule has 1 fully saturated rings. The van der Waals surface area contributed by atoms with Crippen molar-refractivity contribution in [3.63, 3.8) is 0 Å². The molecule has 7 nitrogen and oxygen atoms in total. The van der Waals surface area contributed by atoms with Gasteiger partial charge in [0.05, 0.1) is 38.0 Å². The summed E-state index contributed by atoms with van der Waals surface area (Å²) in [6.45, 7) is 0.927. The van der Waals surface area contributed by atoms with Gasteiger partial charge in [0.25, 0.3) is 5.91 Å². The average molecular weight is 483 g/mol. The predicted molar refractivity (Wildman–Crippen MR) is 132 cm³/mol. The highest BCUT2D eigenvalue weighted by Gasteiger charge is 2.30. The minimum absolute atomic E-state index is 0.0968. The smallest absolute Gasteiger partial charge is 0.254 e. The number of fused-ring (bicyclic) bond motifs is 1.